The zero-order chi connectivity index (χ0) is 20.0. The number of nitrogens with zero attached hydrogens (tertiary/aromatic N) is 1. The van der Waals surface area contributed by atoms with Crippen LogP contribution in [-0.2, 0) is 24.1 Å². The first-order valence-corrected chi connectivity index (χ1v) is 11.6. The normalized spacial score (nSPS) is 13.6. The lowest BCUT2D eigenvalue weighted by molar-refractivity contribution is -0.136. The second-order valence-electron chi connectivity index (χ2n) is 7.62. The minimum Gasteiger partial charge on any atom is -0.481 e. The lowest BCUT2D eigenvalue weighted by Gasteiger charge is -2.17. The fourth-order valence-corrected chi connectivity index (χ4v) is 6.32. The Morgan fingerprint density at radius 2 is 1.93 bits per heavy atom. The van der Waals surface area contributed by atoms with Gasteiger partial charge in [-0.15, -0.1) is 22.7 Å². The van der Waals surface area contributed by atoms with Crippen molar-refractivity contribution in [3.05, 3.63) is 63.3 Å². The molecule has 0 saturated heterocycles. The third-order valence-corrected chi connectivity index (χ3v) is 7.69. The van der Waals surface area contributed by atoms with Gasteiger partial charge >= 0.3 is 5.97 Å². The van der Waals surface area contributed by atoms with Crippen molar-refractivity contribution in [1.82, 2.24) is 4.98 Å². The smallest absolute Gasteiger partial charge is 0.307 e. The molecular weight excluding hydrogens is 398 g/mol. The molecule has 0 saturated carbocycles. The van der Waals surface area contributed by atoms with Gasteiger partial charge in [-0.25, -0.2) is 4.98 Å². The van der Waals surface area contributed by atoms with Crippen molar-refractivity contribution < 1.29 is 9.90 Å². The number of hydrogen-bond donors (Lipinski definition) is 1. The number of carbonyl (C=O) groups is 1. The largest absolute Gasteiger partial charge is 0.481 e. The first-order chi connectivity index (χ1) is 14.1. The summed E-state index contributed by atoms with van der Waals surface area (Å²) in [6.07, 6.45) is 4.55. The average Bonchev–Trinajstić information content (AvgIpc) is 3.35. The molecule has 146 valence electrons. The van der Waals surface area contributed by atoms with Gasteiger partial charge in [-0.1, -0.05) is 35.9 Å². The highest BCUT2D eigenvalue weighted by atomic mass is 32.1. The van der Waals surface area contributed by atoms with Gasteiger partial charge in [0.15, 0.2) is 0 Å². The standard InChI is InChI=1S/C24H21NO2S2/c1-14-8-10-15(11-9-14)21-17(13-20(26)27)23(19-7-4-12-28-19)25-24-22(21)16-5-2-3-6-18(16)29-24/h4,7-12H,2-3,5-6,13H2,1H3,(H,26,27). The van der Waals surface area contributed by atoms with Gasteiger partial charge in [0.25, 0.3) is 0 Å². The summed E-state index contributed by atoms with van der Waals surface area (Å²) >= 11 is 3.41. The molecule has 1 aliphatic rings. The number of carboxylic acid groups (broad SMARTS) is 1. The van der Waals surface area contributed by atoms with E-state index in [0.717, 1.165) is 44.9 Å². The number of aryl methyl sites for hydroxylation is 3. The summed E-state index contributed by atoms with van der Waals surface area (Å²) in [5, 5.41) is 13.0. The van der Waals surface area contributed by atoms with E-state index >= 15 is 0 Å². The van der Waals surface area contributed by atoms with Gasteiger partial charge in [0.2, 0.25) is 0 Å². The lowest BCUT2D eigenvalue weighted by Crippen LogP contribution is -2.07. The van der Waals surface area contributed by atoms with Gasteiger partial charge in [-0.2, -0.15) is 0 Å². The maximum atomic E-state index is 11.9. The molecule has 4 aromatic rings. The summed E-state index contributed by atoms with van der Waals surface area (Å²) < 4.78 is 0. The molecule has 0 bridgehead atoms. The fourth-order valence-electron chi connectivity index (χ4n) is 4.31. The molecule has 0 spiro atoms. The predicted molar refractivity (Wildman–Crippen MR) is 121 cm³/mol. The highest BCUT2D eigenvalue weighted by molar-refractivity contribution is 7.19. The van der Waals surface area contributed by atoms with Crippen molar-refractivity contribution in [3.63, 3.8) is 0 Å². The Labute approximate surface area is 177 Å². The first-order valence-electron chi connectivity index (χ1n) is 9.91. The van der Waals surface area contributed by atoms with Crippen LogP contribution >= 0.6 is 22.7 Å². The quantitative estimate of drug-likeness (QED) is 0.410. The molecule has 0 unspecified atom stereocenters. The average molecular weight is 420 g/mol. The Hall–Kier alpha value is -2.50. The highest BCUT2D eigenvalue weighted by Crippen LogP contribution is 2.45. The van der Waals surface area contributed by atoms with Crippen LogP contribution in [-0.4, -0.2) is 16.1 Å². The van der Waals surface area contributed by atoms with Gasteiger partial charge in [0.05, 0.1) is 17.0 Å². The Bertz CT molecular complexity index is 1200. The van der Waals surface area contributed by atoms with E-state index < -0.39 is 5.97 Å². The molecular formula is C24H21NO2S2. The number of pyridine rings is 1. The second kappa shape index (κ2) is 7.39. The van der Waals surface area contributed by atoms with Crippen LogP contribution in [0.3, 0.4) is 0 Å². The second-order valence-corrected chi connectivity index (χ2v) is 9.65. The van der Waals surface area contributed by atoms with E-state index in [2.05, 4.69) is 31.2 Å². The lowest BCUT2D eigenvalue weighted by atomic mass is 9.88. The van der Waals surface area contributed by atoms with Gasteiger partial charge in [-0.05, 0) is 66.3 Å². The van der Waals surface area contributed by atoms with Gasteiger partial charge < -0.3 is 5.11 Å². The number of aliphatic carboxylic acids is 1. The molecule has 1 aliphatic carbocycles. The Balaban J connectivity index is 1.91. The molecule has 0 fully saturated rings. The van der Waals surface area contributed by atoms with Crippen molar-refractivity contribution in [2.75, 3.05) is 0 Å². The van der Waals surface area contributed by atoms with Gasteiger partial charge in [0, 0.05) is 10.3 Å². The van der Waals surface area contributed by atoms with E-state index in [1.807, 2.05) is 17.5 Å². The van der Waals surface area contributed by atoms with E-state index in [0.29, 0.717) is 0 Å². The third kappa shape index (κ3) is 3.28. The number of rotatable bonds is 4. The van der Waals surface area contributed by atoms with E-state index in [1.165, 1.54) is 34.2 Å². The topological polar surface area (TPSA) is 50.2 Å². The summed E-state index contributed by atoms with van der Waals surface area (Å²) in [6.45, 7) is 2.08. The molecule has 3 heterocycles. The van der Waals surface area contributed by atoms with Crippen molar-refractivity contribution in [2.24, 2.45) is 0 Å². The number of thiophene rings is 2. The van der Waals surface area contributed by atoms with Crippen LogP contribution < -0.4 is 0 Å². The number of fused-ring (bicyclic) bond motifs is 3. The molecule has 1 N–H and O–H groups in total. The molecule has 5 heteroatoms. The molecule has 1 aromatic carbocycles. The van der Waals surface area contributed by atoms with E-state index in [4.69, 9.17) is 4.98 Å². The number of benzene rings is 1. The molecule has 3 nitrogen and oxygen atoms in total. The molecule has 3 aromatic heterocycles. The SMILES string of the molecule is Cc1ccc(-c2c(CC(=O)O)c(-c3cccs3)nc3sc4c(c23)CCCC4)cc1. The minimum atomic E-state index is -0.818. The summed E-state index contributed by atoms with van der Waals surface area (Å²) in [5.74, 6) is -0.818. The van der Waals surface area contributed by atoms with E-state index in [9.17, 15) is 9.90 Å². The summed E-state index contributed by atoms with van der Waals surface area (Å²) in [4.78, 5) is 20.4. The number of carboxylic acids is 1. The fraction of sp³-hybridized carbons (Fsp3) is 0.250. The van der Waals surface area contributed by atoms with Crippen LogP contribution in [0.1, 0.15) is 34.4 Å². The van der Waals surface area contributed by atoms with E-state index in [-0.39, 0.29) is 6.42 Å². The minimum absolute atomic E-state index is 0.0238. The van der Waals surface area contributed by atoms with Crippen LogP contribution in [0.5, 0.6) is 0 Å². The zero-order valence-corrected chi connectivity index (χ0v) is 17.8. The molecule has 0 atom stereocenters. The summed E-state index contributed by atoms with van der Waals surface area (Å²) in [7, 11) is 0. The summed E-state index contributed by atoms with van der Waals surface area (Å²) in [5.41, 5.74) is 6.41. The van der Waals surface area contributed by atoms with Gasteiger partial charge in [-0.3, -0.25) is 4.79 Å². The van der Waals surface area contributed by atoms with Crippen LogP contribution in [0.2, 0.25) is 0 Å². The molecule has 0 amide bonds. The van der Waals surface area contributed by atoms with Crippen molar-refractivity contribution >= 4 is 38.9 Å². The Kier molecular flexibility index (Phi) is 4.72. The van der Waals surface area contributed by atoms with Gasteiger partial charge in [0.1, 0.15) is 4.83 Å². The van der Waals surface area contributed by atoms with Crippen molar-refractivity contribution in [2.45, 2.75) is 39.0 Å². The molecule has 0 aliphatic heterocycles. The Morgan fingerprint density at radius 1 is 1.14 bits per heavy atom. The monoisotopic (exact) mass is 419 g/mol. The van der Waals surface area contributed by atoms with Crippen molar-refractivity contribution in [3.8, 4) is 21.7 Å². The van der Waals surface area contributed by atoms with Crippen LogP contribution in [0.15, 0.2) is 41.8 Å². The number of aromatic nitrogens is 1. The molecule has 0 radical (unpaired) electrons. The van der Waals surface area contributed by atoms with Crippen LogP contribution in [0, 0.1) is 6.92 Å². The van der Waals surface area contributed by atoms with Crippen LogP contribution in [0.25, 0.3) is 31.9 Å². The maximum Gasteiger partial charge on any atom is 0.307 e. The first kappa shape index (κ1) is 18.5. The number of hydrogen-bond acceptors (Lipinski definition) is 4. The van der Waals surface area contributed by atoms with Crippen LogP contribution in [0.4, 0.5) is 0 Å². The molecule has 29 heavy (non-hydrogen) atoms. The molecule has 5 rings (SSSR count). The third-order valence-electron chi connectivity index (χ3n) is 5.63. The Morgan fingerprint density at radius 3 is 2.66 bits per heavy atom. The maximum absolute atomic E-state index is 11.9. The van der Waals surface area contributed by atoms with E-state index in [1.54, 1.807) is 22.7 Å². The summed E-state index contributed by atoms with van der Waals surface area (Å²) in [6, 6.07) is 12.5. The predicted octanol–water partition coefficient (Wildman–Crippen LogP) is 6.51. The zero-order valence-electron chi connectivity index (χ0n) is 16.2. The van der Waals surface area contributed by atoms with Crippen molar-refractivity contribution in [1.29, 1.82) is 0 Å². The highest BCUT2D eigenvalue weighted by Gasteiger charge is 2.26.